The normalized spacial score (nSPS) is 21.1. The molecule has 1 aliphatic heterocycles. The molecule has 0 aromatic heterocycles. The zero-order valence-electron chi connectivity index (χ0n) is 11.5. The van der Waals surface area contributed by atoms with Crippen molar-refractivity contribution in [3.63, 3.8) is 0 Å². The molecule has 20 heavy (non-hydrogen) atoms. The first kappa shape index (κ1) is 13.1. The van der Waals surface area contributed by atoms with Gasteiger partial charge in [-0.25, -0.2) is 4.39 Å². The van der Waals surface area contributed by atoms with Gasteiger partial charge in [-0.05, 0) is 35.7 Å². The van der Waals surface area contributed by atoms with Crippen molar-refractivity contribution < 1.29 is 9.13 Å². The highest BCUT2D eigenvalue weighted by Gasteiger charge is 2.27. The molecular formula is C17H18FNO. The van der Waals surface area contributed by atoms with Crippen LogP contribution in [0.1, 0.15) is 42.2 Å². The van der Waals surface area contributed by atoms with Crippen LogP contribution in [0.3, 0.4) is 0 Å². The van der Waals surface area contributed by atoms with Crippen molar-refractivity contribution in [1.29, 1.82) is 0 Å². The number of rotatable bonds is 2. The van der Waals surface area contributed by atoms with E-state index in [1.807, 2.05) is 0 Å². The molecule has 1 heterocycles. The largest absolute Gasteiger partial charge is 0.485 e. The van der Waals surface area contributed by atoms with Crippen LogP contribution in [-0.2, 0) is 6.42 Å². The summed E-state index contributed by atoms with van der Waals surface area (Å²) in [5.41, 5.74) is 9.33. The lowest BCUT2D eigenvalue weighted by Crippen LogP contribution is -2.24. The second-order valence-electron chi connectivity index (χ2n) is 5.23. The van der Waals surface area contributed by atoms with Gasteiger partial charge >= 0.3 is 0 Å². The summed E-state index contributed by atoms with van der Waals surface area (Å²) in [5.74, 6) is 0.420. The summed E-state index contributed by atoms with van der Waals surface area (Å²) in [5, 5.41) is 0. The van der Waals surface area contributed by atoms with E-state index in [2.05, 4.69) is 31.2 Å². The second kappa shape index (κ2) is 5.25. The van der Waals surface area contributed by atoms with Crippen LogP contribution in [0.25, 0.3) is 0 Å². The van der Waals surface area contributed by atoms with Gasteiger partial charge in [-0.2, -0.15) is 0 Å². The van der Waals surface area contributed by atoms with Crippen LogP contribution in [0.4, 0.5) is 4.39 Å². The molecule has 104 valence electrons. The summed E-state index contributed by atoms with van der Waals surface area (Å²) in [4.78, 5) is 0. The fraction of sp³-hybridized carbons (Fsp3) is 0.294. The van der Waals surface area contributed by atoms with E-state index in [4.69, 9.17) is 10.5 Å². The van der Waals surface area contributed by atoms with Gasteiger partial charge in [0.15, 0.2) is 0 Å². The van der Waals surface area contributed by atoms with E-state index < -0.39 is 0 Å². The standard InChI is InChI=1S/C17H18FNO/c1-2-11-3-5-12(6-4-11)17-10-15(19)14-9-13(18)7-8-16(14)20-17/h3-9,15,17H,2,10,19H2,1H3/t15-,17?/m1/s1. The van der Waals surface area contributed by atoms with Crippen molar-refractivity contribution in [2.24, 2.45) is 5.73 Å². The second-order valence-corrected chi connectivity index (χ2v) is 5.23. The number of benzene rings is 2. The summed E-state index contributed by atoms with van der Waals surface area (Å²) < 4.78 is 19.2. The average molecular weight is 271 g/mol. The molecule has 0 radical (unpaired) electrons. The molecule has 1 aliphatic rings. The summed E-state index contributed by atoms with van der Waals surface area (Å²) >= 11 is 0. The van der Waals surface area contributed by atoms with Crippen LogP contribution < -0.4 is 10.5 Å². The first-order valence-corrected chi connectivity index (χ1v) is 6.98. The molecule has 1 unspecified atom stereocenters. The summed E-state index contributed by atoms with van der Waals surface area (Å²) in [6, 6.07) is 12.8. The third-order valence-corrected chi connectivity index (χ3v) is 3.87. The summed E-state index contributed by atoms with van der Waals surface area (Å²) in [6.45, 7) is 2.13. The summed E-state index contributed by atoms with van der Waals surface area (Å²) in [7, 11) is 0. The Morgan fingerprint density at radius 3 is 2.65 bits per heavy atom. The monoisotopic (exact) mass is 271 g/mol. The van der Waals surface area contributed by atoms with Gasteiger partial charge in [0.05, 0.1) is 0 Å². The van der Waals surface area contributed by atoms with Crippen LogP contribution in [0, 0.1) is 5.82 Å². The molecule has 0 fully saturated rings. The average Bonchev–Trinajstić information content (AvgIpc) is 2.48. The molecule has 0 aliphatic carbocycles. The number of halogens is 1. The van der Waals surface area contributed by atoms with Crippen LogP contribution in [0.5, 0.6) is 5.75 Å². The Labute approximate surface area is 118 Å². The lowest BCUT2D eigenvalue weighted by atomic mass is 9.93. The van der Waals surface area contributed by atoms with Gasteiger partial charge in [0.25, 0.3) is 0 Å². The van der Waals surface area contributed by atoms with Gasteiger partial charge < -0.3 is 10.5 Å². The Bertz CT molecular complexity index is 609. The van der Waals surface area contributed by atoms with Gasteiger partial charge in [-0.3, -0.25) is 0 Å². The third kappa shape index (κ3) is 2.41. The molecule has 3 rings (SSSR count). The van der Waals surface area contributed by atoms with Crippen molar-refractivity contribution >= 4 is 0 Å². The van der Waals surface area contributed by atoms with Crippen LogP contribution in [0.2, 0.25) is 0 Å². The molecule has 2 nitrogen and oxygen atoms in total. The number of fused-ring (bicyclic) bond motifs is 1. The van der Waals surface area contributed by atoms with Gasteiger partial charge in [-0.1, -0.05) is 31.2 Å². The molecule has 0 saturated heterocycles. The number of hydrogen-bond donors (Lipinski definition) is 1. The fourth-order valence-corrected chi connectivity index (χ4v) is 2.65. The van der Waals surface area contributed by atoms with Crippen molar-refractivity contribution in [2.75, 3.05) is 0 Å². The molecule has 0 amide bonds. The van der Waals surface area contributed by atoms with Crippen LogP contribution >= 0.6 is 0 Å². The minimum absolute atomic E-state index is 0.0612. The SMILES string of the molecule is CCc1ccc(C2C[C@@H](N)c3cc(F)ccc3O2)cc1. The molecule has 2 aromatic rings. The highest BCUT2D eigenvalue weighted by molar-refractivity contribution is 5.39. The zero-order chi connectivity index (χ0) is 14.1. The molecule has 2 N–H and O–H groups in total. The Balaban J connectivity index is 1.88. The summed E-state index contributed by atoms with van der Waals surface area (Å²) in [6.07, 6.45) is 1.63. The topological polar surface area (TPSA) is 35.2 Å². The minimum Gasteiger partial charge on any atom is -0.485 e. The van der Waals surface area contributed by atoms with E-state index in [1.54, 1.807) is 6.07 Å². The predicted octanol–water partition coefficient (Wildman–Crippen LogP) is 3.91. The van der Waals surface area contributed by atoms with Gasteiger partial charge in [0.2, 0.25) is 0 Å². The van der Waals surface area contributed by atoms with Crippen molar-refractivity contribution in [3.05, 3.63) is 65.0 Å². The van der Waals surface area contributed by atoms with Crippen molar-refractivity contribution in [1.82, 2.24) is 0 Å². The maximum atomic E-state index is 13.3. The Morgan fingerprint density at radius 2 is 1.95 bits per heavy atom. The Hall–Kier alpha value is -1.87. The van der Waals surface area contributed by atoms with Gasteiger partial charge in [0.1, 0.15) is 17.7 Å². The van der Waals surface area contributed by atoms with Gasteiger partial charge in [-0.15, -0.1) is 0 Å². The molecule has 2 aromatic carbocycles. The molecule has 2 atom stereocenters. The lowest BCUT2D eigenvalue weighted by molar-refractivity contribution is 0.161. The van der Waals surface area contributed by atoms with E-state index in [0.29, 0.717) is 12.2 Å². The first-order valence-electron chi connectivity index (χ1n) is 6.98. The maximum Gasteiger partial charge on any atom is 0.126 e. The minimum atomic E-state index is -0.270. The zero-order valence-corrected chi connectivity index (χ0v) is 11.5. The Kier molecular flexibility index (Phi) is 3.45. The van der Waals surface area contributed by atoms with Gasteiger partial charge in [0, 0.05) is 18.0 Å². The molecule has 3 heteroatoms. The van der Waals surface area contributed by atoms with E-state index in [-0.39, 0.29) is 18.0 Å². The smallest absolute Gasteiger partial charge is 0.126 e. The molecule has 0 bridgehead atoms. The van der Waals surface area contributed by atoms with E-state index in [9.17, 15) is 4.39 Å². The van der Waals surface area contributed by atoms with Crippen LogP contribution in [0.15, 0.2) is 42.5 Å². The quantitative estimate of drug-likeness (QED) is 0.898. The lowest BCUT2D eigenvalue weighted by Gasteiger charge is -2.30. The number of ether oxygens (including phenoxy) is 1. The highest BCUT2D eigenvalue weighted by atomic mass is 19.1. The molecule has 0 spiro atoms. The van der Waals surface area contributed by atoms with Crippen LogP contribution in [-0.4, -0.2) is 0 Å². The predicted molar refractivity (Wildman–Crippen MR) is 77.1 cm³/mol. The van der Waals surface area contributed by atoms with E-state index >= 15 is 0 Å². The number of aryl methyl sites for hydroxylation is 1. The fourth-order valence-electron chi connectivity index (χ4n) is 2.65. The highest BCUT2D eigenvalue weighted by Crippen LogP contribution is 2.39. The number of nitrogens with two attached hydrogens (primary N) is 1. The van der Waals surface area contributed by atoms with Crippen molar-refractivity contribution in [3.8, 4) is 5.75 Å². The third-order valence-electron chi connectivity index (χ3n) is 3.87. The van der Waals surface area contributed by atoms with E-state index in [1.165, 1.54) is 17.7 Å². The maximum absolute atomic E-state index is 13.3. The molecular weight excluding hydrogens is 253 g/mol. The number of hydrogen-bond acceptors (Lipinski definition) is 2. The first-order chi connectivity index (χ1) is 9.67. The Morgan fingerprint density at radius 1 is 1.20 bits per heavy atom. The molecule has 0 saturated carbocycles. The van der Waals surface area contributed by atoms with E-state index in [0.717, 1.165) is 17.5 Å². The van der Waals surface area contributed by atoms with Crippen molar-refractivity contribution in [2.45, 2.75) is 31.9 Å².